The minimum Gasteiger partial charge on any atom is -0.495 e. The Labute approximate surface area is 213 Å². The number of ether oxygens (including phenoxy) is 1. The van der Waals surface area contributed by atoms with E-state index in [9.17, 15) is 14.4 Å². The Bertz CT molecular complexity index is 1050. The average molecular weight is 495 g/mol. The van der Waals surface area contributed by atoms with E-state index in [4.69, 9.17) is 4.74 Å². The molecule has 0 spiro atoms. The molecular formula is C28H38N4O4. The van der Waals surface area contributed by atoms with Crippen LogP contribution in [0.15, 0.2) is 48.5 Å². The molecule has 1 fully saturated rings. The smallest absolute Gasteiger partial charge is 0.255 e. The number of para-hydroxylation sites is 2. The second kappa shape index (κ2) is 12.5. The molecule has 1 saturated heterocycles. The molecule has 8 heteroatoms. The summed E-state index contributed by atoms with van der Waals surface area (Å²) in [5, 5.41) is 8.88. The molecule has 2 unspecified atom stereocenters. The van der Waals surface area contributed by atoms with Crippen molar-refractivity contribution in [3.8, 4) is 5.75 Å². The average Bonchev–Trinajstić information content (AvgIpc) is 2.88. The van der Waals surface area contributed by atoms with Crippen LogP contribution in [-0.4, -0.2) is 54.9 Å². The Morgan fingerprint density at radius 3 is 2.17 bits per heavy atom. The highest BCUT2D eigenvalue weighted by Gasteiger charge is 2.30. The van der Waals surface area contributed by atoms with Gasteiger partial charge in [0.1, 0.15) is 5.75 Å². The van der Waals surface area contributed by atoms with Crippen molar-refractivity contribution in [3.05, 3.63) is 54.1 Å². The molecule has 1 heterocycles. The van der Waals surface area contributed by atoms with Gasteiger partial charge in [-0.3, -0.25) is 19.3 Å². The first-order chi connectivity index (χ1) is 17.2. The molecule has 0 aromatic heterocycles. The maximum Gasteiger partial charge on any atom is 0.255 e. The van der Waals surface area contributed by atoms with Gasteiger partial charge in [-0.2, -0.15) is 0 Å². The molecule has 3 N–H and O–H groups in total. The number of piperidine rings is 1. The van der Waals surface area contributed by atoms with Gasteiger partial charge in [-0.25, -0.2) is 0 Å². The van der Waals surface area contributed by atoms with Gasteiger partial charge < -0.3 is 20.7 Å². The number of benzene rings is 2. The van der Waals surface area contributed by atoms with Crippen LogP contribution in [0, 0.1) is 11.8 Å². The second-order valence-corrected chi connectivity index (χ2v) is 9.75. The van der Waals surface area contributed by atoms with Gasteiger partial charge >= 0.3 is 0 Å². The van der Waals surface area contributed by atoms with E-state index in [1.165, 1.54) is 0 Å². The zero-order valence-corrected chi connectivity index (χ0v) is 21.8. The lowest BCUT2D eigenvalue weighted by Crippen LogP contribution is -2.49. The lowest BCUT2D eigenvalue weighted by molar-refractivity contribution is -0.128. The number of carbonyl (C=O) groups is 3. The number of likely N-dealkylation sites (tertiary alicyclic amines) is 1. The van der Waals surface area contributed by atoms with Gasteiger partial charge in [0.15, 0.2) is 0 Å². The van der Waals surface area contributed by atoms with Gasteiger partial charge in [0.25, 0.3) is 5.91 Å². The van der Waals surface area contributed by atoms with Gasteiger partial charge in [0.2, 0.25) is 11.8 Å². The number of nitrogens with one attached hydrogen (secondary N) is 3. The second-order valence-electron chi connectivity index (χ2n) is 9.75. The number of nitrogens with zero attached hydrogens (tertiary/aromatic N) is 1. The summed E-state index contributed by atoms with van der Waals surface area (Å²) in [6, 6.07) is 13.8. The number of anilines is 2. The van der Waals surface area contributed by atoms with Gasteiger partial charge in [-0.1, -0.05) is 26.0 Å². The number of methoxy groups -OCH3 is 1. The molecule has 0 saturated carbocycles. The first-order valence-corrected chi connectivity index (χ1v) is 12.6. The highest BCUT2D eigenvalue weighted by molar-refractivity contribution is 6.05. The zero-order valence-electron chi connectivity index (χ0n) is 21.8. The fourth-order valence-electron chi connectivity index (χ4n) is 4.12. The summed E-state index contributed by atoms with van der Waals surface area (Å²) in [7, 11) is 1.55. The molecule has 8 nitrogen and oxygen atoms in total. The van der Waals surface area contributed by atoms with Crippen LogP contribution in [0.3, 0.4) is 0 Å². The lowest BCUT2D eigenvalue weighted by atomic mass is 9.94. The van der Waals surface area contributed by atoms with Crippen LogP contribution in [0.1, 0.15) is 50.9 Å². The van der Waals surface area contributed by atoms with Crippen LogP contribution in [-0.2, 0) is 9.59 Å². The number of hydrogen-bond donors (Lipinski definition) is 3. The number of amides is 3. The van der Waals surface area contributed by atoms with E-state index in [0.717, 1.165) is 12.8 Å². The van der Waals surface area contributed by atoms with Gasteiger partial charge in [-0.15, -0.1) is 0 Å². The van der Waals surface area contributed by atoms with Crippen molar-refractivity contribution >= 4 is 29.1 Å². The van der Waals surface area contributed by atoms with E-state index < -0.39 is 0 Å². The SMILES string of the molecule is COc1ccccc1NC(=O)c1ccc(NC(=O)C(C)N2CCC(C(=O)NC(C)C(C)C)CC2)cc1. The van der Waals surface area contributed by atoms with Crippen molar-refractivity contribution in [3.63, 3.8) is 0 Å². The molecule has 3 amide bonds. The monoisotopic (exact) mass is 494 g/mol. The number of rotatable bonds is 9. The largest absolute Gasteiger partial charge is 0.495 e. The summed E-state index contributed by atoms with van der Waals surface area (Å²) in [5.41, 5.74) is 1.68. The molecule has 194 valence electrons. The molecule has 1 aliphatic rings. The lowest BCUT2D eigenvalue weighted by Gasteiger charge is -2.35. The fraction of sp³-hybridized carbons (Fsp3) is 0.464. The minimum atomic E-state index is -0.322. The number of carbonyl (C=O) groups excluding carboxylic acids is 3. The van der Waals surface area contributed by atoms with Crippen molar-refractivity contribution in [2.75, 3.05) is 30.8 Å². The Balaban J connectivity index is 1.49. The summed E-state index contributed by atoms with van der Waals surface area (Å²) in [5.74, 6) is 0.708. The summed E-state index contributed by atoms with van der Waals surface area (Å²) in [6.07, 6.45) is 1.48. The van der Waals surface area contributed by atoms with E-state index in [1.807, 2.05) is 26.0 Å². The van der Waals surface area contributed by atoms with Crippen molar-refractivity contribution in [2.24, 2.45) is 11.8 Å². The van der Waals surface area contributed by atoms with Crippen LogP contribution in [0.4, 0.5) is 11.4 Å². The van der Waals surface area contributed by atoms with E-state index in [-0.39, 0.29) is 35.7 Å². The summed E-state index contributed by atoms with van der Waals surface area (Å²) >= 11 is 0. The van der Waals surface area contributed by atoms with Gasteiger partial charge in [0.05, 0.1) is 18.8 Å². The van der Waals surface area contributed by atoms with Crippen molar-refractivity contribution in [1.82, 2.24) is 10.2 Å². The van der Waals surface area contributed by atoms with Crippen molar-refractivity contribution in [1.29, 1.82) is 0 Å². The first kappa shape index (κ1) is 27.2. The molecular weight excluding hydrogens is 456 g/mol. The normalized spacial score (nSPS) is 16.2. The van der Waals surface area contributed by atoms with Crippen LogP contribution in [0.25, 0.3) is 0 Å². The van der Waals surface area contributed by atoms with Crippen molar-refractivity contribution in [2.45, 2.75) is 52.6 Å². The Hall–Kier alpha value is -3.39. The Morgan fingerprint density at radius 2 is 1.56 bits per heavy atom. The van der Waals surface area contributed by atoms with E-state index >= 15 is 0 Å². The highest BCUT2D eigenvalue weighted by atomic mass is 16.5. The zero-order chi connectivity index (χ0) is 26.2. The topological polar surface area (TPSA) is 99.8 Å². The summed E-state index contributed by atoms with van der Waals surface area (Å²) < 4.78 is 5.27. The Kier molecular flexibility index (Phi) is 9.47. The van der Waals surface area contributed by atoms with Crippen LogP contribution in [0.2, 0.25) is 0 Å². The molecule has 1 aliphatic heterocycles. The van der Waals surface area contributed by atoms with Crippen molar-refractivity contribution < 1.29 is 19.1 Å². The molecule has 2 atom stereocenters. The molecule has 0 radical (unpaired) electrons. The maximum atomic E-state index is 12.9. The van der Waals surface area contributed by atoms with E-state index in [0.29, 0.717) is 41.7 Å². The van der Waals surface area contributed by atoms with Crippen LogP contribution >= 0.6 is 0 Å². The minimum absolute atomic E-state index is 0.00717. The quantitative estimate of drug-likeness (QED) is 0.486. The van der Waals surface area contributed by atoms with Gasteiger partial charge in [-0.05, 0) is 82.1 Å². The van der Waals surface area contributed by atoms with Crippen LogP contribution in [0.5, 0.6) is 5.75 Å². The van der Waals surface area contributed by atoms with Gasteiger partial charge in [0, 0.05) is 23.2 Å². The standard InChI is InChI=1S/C28H38N4O4/c1-18(2)19(3)29-27(34)22-14-16-32(17-15-22)20(4)26(33)30-23-12-10-21(11-13-23)28(35)31-24-8-6-7-9-25(24)36-5/h6-13,18-20,22H,14-17H2,1-5H3,(H,29,34)(H,30,33)(H,31,35). The third-order valence-corrected chi connectivity index (χ3v) is 6.97. The predicted molar refractivity (Wildman–Crippen MR) is 142 cm³/mol. The Morgan fingerprint density at radius 1 is 0.917 bits per heavy atom. The molecule has 2 aromatic carbocycles. The number of hydrogen-bond acceptors (Lipinski definition) is 5. The highest BCUT2D eigenvalue weighted by Crippen LogP contribution is 2.24. The predicted octanol–water partition coefficient (Wildman–Crippen LogP) is 4.15. The molecule has 0 aliphatic carbocycles. The molecule has 2 aromatic rings. The maximum absolute atomic E-state index is 12.9. The molecule has 0 bridgehead atoms. The van der Waals surface area contributed by atoms with Crippen LogP contribution < -0.4 is 20.7 Å². The first-order valence-electron chi connectivity index (χ1n) is 12.6. The fourth-order valence-corrected chi connectivity index (χ4v) is 4.12. The van der Waals surface area contributed by atoms with E-state index in [1.54, 1.807) is 43.5 Å². The third-order valence-electron chi connectivity index (χ3n) is 6.97. The molecule has 36 heavy (non-hydrogen) atoms. The summed E-state index contributed by atoms with van der Waals surface area (Å²) in [4.78, 5) is 40.1. The third kappa shape index (κ3) is 7.07. The van der Waals surface area contributed by atoms with E-state index in [2.05, 4.69) is 34.7 Å². The molecule has 3 rings (SSSR count). The summed E-state index contributed by atoms with van der Waals surface area (Å²) in [6.45, 7) is 9.50.